The first kappa shape index (κ1) is 56.4. The Balaban J connectivity index is 1.01. The Kier molecular flexibility index (Phi) is 13.7. The molecule has 0 aromatic heterocycles. The molecule has 18 rings (SSSR count). The summed E-state index contributed by atoms with van der Waals surface area (Å²) in [4.78, 5) is 0. The Hall–Kier alpha value is -11.3. The van der Waals surface area contributed by atoms with Gasteiger partial charge in [-0.3, -0.25) is 0 Å². The van der Waals surface area contributed by atoms with E-state index >= 15 is 0 Å². The number of benzene rings is 18. The van der Waals surface area contributed by atoms with Crippen molar-refractivity contribution in [1.29, 1.82) is 0 Å². The molecule has 0 aliphatic heterocycles. The van der Waals surface area contributed by atoms with Gasteiger partial charge in [-0.25, -0.2) is 0 Å². The highest BCUT2D eigenvalue weighted by Crippen LogP contribution is 2.31. The molecule has 18 aromatic rings. The summed E-state index contributed by atoms with van der Waals surface area (Å²) in [5.74, 6) is 0. The molecule has 18 aromatic carbocycles. The molecule has 0 spiro atoms. The first-order valence-electron chi connectivity index (χ1n) is 33.2. The van der Waals surface area contributed by atoms with Crippen LogP contribution in [0, 0.1) is 0 Å². The Morgan fingerprint density at radius 1 is 0.105 bits per heavy atom. The van der Waals surface area contributed by atoms with E-state index < -0.39 is 24.2 Å². The van der Waals surface area contributed by atoms with Gasteiger partial charge in [0.15, 0.2) is 24.2 Å². The molecular formula is C92H64Si3. The normalized spacial score (nSPS) is 12.2. The minimum absolute atomic E-state index is 1.24. The van der Waals surface area contributed by atoms with Crippen LogP contribution in [0.25, 0.3) is 86.2 Å². The van der Waals surface area contributed by atoms with Crippen molar-refractivity contribution in [1.82, 2.24) is 0 Å². The second-order valence-corrected chi connectivity index (χ2v) is 36.6. The van der Waals surface area contributed by atoms with Crippen molar-refractivity contribution in [2.24, 2.45) is 0 Å². The van der Waals surface area contributed by atoms with E-state index in [9.17, 15) is 0 Å². The van der Waals surface area contributed by atoms with Gasteiger partial charge in [0.1, 0.15) is 0 Å². The predicted octanol–water partition coefficient (Wildman–Crippen LogP) is 15.0. The van der Waals surface area contributed by atoms with Crippen LogP contribution in [0.2, 0.25) is 0 Å². The van der Waals surface area contributed by atoms with Crippen molar-refractivity contribution in [3.05, 3.63) is 388 Å². The fourth-order valence-electron chi connectivity index (χ4n) is 17.3. The summed E-state index contributed by atoms with van der Waals surface area (Å²) in [6.45, 7) is 0. The predicted molar refractivity (Wildman–Crippen MR) is 417 cm³/mol. The maximum atomic E-state index is 2.64. The van der Waals surface area contributed by atoms with Crippen LogP contribution >= 0.6 is 0 Å². The molecule has 0 saturated carbocycles. The van der Waals surface area contributed by atoms with Crippen LogP contribution in [-0.2, 0) is 0 Å². The van der Waals surface area contributed by atoms with Crippen molar-refractivity contribution >= 4 is 173 Å². The molecule has 0 fully saturated rings. The Bertz CT molecular complexity index is 5230. The third-order valence-electron chi connectivity index (χ3n) is 21.0. The van der Waals surface area contributed by atoms with Gasteiger partial charge in [-0.05, 0) is 148 Å². The molecule has 3 heteroatoms. The summed E-state index contributed by atoms with van der Waals surface area (Å²) < 4.78 is 0. The second kappa shape index (κ2) is 23.1. The van der Waals surface area contributed by atoms with Crippen LogP contribution in [0.15, 0.2) is 388 Å². The topological polar surface area (TPSA) is 0 Å². The lowest BCUT2D eigenvalue weighted by atomic mass is 10.1. The maximum Gasteiger partial charge on any atom is 0.182 e. The van der Waals surface area contributed by atoms with Crippen LogP contribution < -0.4 is 62.2 Å². The summed E-state index contributed by atoms with van der Waals surface area (Å²) >= 11 is 0. The van der Waals surface area contributed by atoms with Crippen molar-refractivity contribution in [3.8, 4) is 0 Å². The molecule has 444 valence electrons. The van der Waals surface area contributed by atoms with Crippen LogP contribution in [-0.4, -0.2) is 24.2 Å². The van der Waals surface area contributed by atoms with Gasteiger partial charge in [0.25, 0.3) is 0 Å². The highest BCUT2D eigenvalue weighted by atomic mass is 28.3. The van der Waals surface area contributed by atoms with Gasteiger partial charge < -0.3 is 0 Å². The zero-order chi connectivity index (χ0) is 62.9. The molecule has 0 radical (unpaired) electrons. The molecule has 0 N–H and O–H groups in total. The van der Waals surface area contributed by atoms with Gasteiger partial charge in [0.2, 0.25) is 0 Å². The van der Waals surface area contributed by atoms with Gasteiger partial charge in [-0.2, -0.15) is 0 Å². The number of hydrogen-bond donors (Lipinski definition) is 0. The van der Waals surface area contributed by atoms with Gasteiger partial charge in [-0.15, -0.1) is 0 Å². The molecule has 0 aliphatic carbocycles. The second-order valence-electron chi connectivity index (χ2n) is 25.6. The molecule has 0 atom stereocenters. The van der Waals surface area contributed by atoms with Gasteiger partial charge in [-0.1, -0.05) is 388 Å². The molecule has 0 amide bonds. The van der Waals surface area contributed by atoms with Crippen molar-refractivity contribution in [2.75, 3.05) is 0 Å². The van der Waals surface area contributed by atoms with Crippen molar-refractivity contribution < 1.29 is 0 Å². The van der Waals surface area contributed by atoms with Crippen molar-refractivity contribution in [3.63, 3.8) is 0 Å². The Morgan fingerprint density at radius 3 is 0.484 bits per heavy atom. The fourth-order valence-corrected chi connectivity index (χ4v) is 33.7. The number of rotatable bonds is 12. The van der Waals surface area contributed by atoms with E-state index in [0.29, 0.717) is 0 Å². The summed E-state index contributed by atoms with van der Waals surface area (Å²) in [6, 6.07) is 150. The monoisotopic (exact) mass is 1250 g/mol. The largest absolute Gasteiger partial charge is 0.182 e. The van der Waals surface area contributed by atoms with Gasteiger partial charge in [0.05, 0.1) is 0 Å². The zero-order valence-electron chi connectivity index (χ0n) is 52.5. The smallest absolute Gasteiger partial charge is 0.0623 e. The average molecular weight is 1250 g/mol. The standard InChI is InChI=1S/C92H64Si3/c1-3-41-71(42-4-1)93(72-43-5-2-6-44-72,89-61-63-91(81-53-21-19-51-79(81)89)94(83-55-23-35-65-29-7-13-45-73(65)83,84-56-24-36-66-30-8-14-46-74(66)84)85-57-25-37-67-31-9-15-47-75(67)85)90-62-64-92(82-54-22-20-52-80(82)90)95(86-58-26-38-68-32-10-16-48-76(68)86,87-59-27-39-69-33-11-17-49-77(69)87)88-60-28-40-70-34-12-18-50-78(70)88/h1-64H. The van der Waals surface area contributed by atoms with Crippen LogP contribution in [0.1, 0.15) is 0 Å². The highest BCUT2D eigenvalue weighted by Gasteiger charge is 2.51. The zero-order valence-corrected chi connectivity index (χ0v) is 55.5. The lowest BCUT2D eigenvalue weighted by Crippen LogP contribution is -2.77. The van der Waals surface area contributed by atoms with Crippen LogP contribution in [0.4, 0.5) is 0 Å². The molecule has 0 saturated heterocycles. The Labute approximate surface area is 557 Å². The van der Waals surface area contributed by atoms with E-state index in [0.717, 1.165) is 0 Å². The molecule has 0 aliphatic rings. The van der Waals surface area contributed by atoms with E-state index in [1.54, 1.807) is 0 Å². The van der Waals surface area contributed by atoms with Gasteiger partial charge in [0, 0.05) is 0 Å². The quantitative estimate of drug-likeness (QED) is 0.0845. The minimum Gasteiger partial charge on any atom is -0.0623 e. The van der Waals surface area contributed by atoms with Crippen LogP contribution in [0.3, 0.4) is 0 Å². The van der Waals surface area contributed by atoms with Crippen molar-refractivity contribution in [2.45, 2.75) is 0 Å². The first-order chi connectivity index (χ1) is 47.2. The number of hydrogen-bond acceptors (Lipinski definition) is 0. The maximum absolute atomic E-state index is 3.50. The Morgan fingerprint density at radius 2 is 0.263 bits per heavy atom. The minimum atomic E-state index is -3.50. The van der Waals surface area contributed by atoms with E-state index in [1.165, 1.54) is 148 Å². The summed E-state index contributed by atoms with van der Waals surface area (Å²) in [7, 11) is -10.5. The molecule has 0 bridgehead atoms. The third kappa shape index (κ3) is 8.57. The van der Waals surface area contributed by atoms with Gasteiger partial charge >= 0.3 is 0 Å². The SMILES string of the molecule is c1ccc([Si](c2ccccc2)(c2ccc([Si](c3cccc4ccccc34)(c3cccc4ccccc34)c3cccc4ccccc34)c3ccccc23)c2ccc([Si](c3cccc4ccccc34)(c3cccc4ccccc34)c3cccc4ccccc34)c3ccccc23)cc1. The molecular weight excluding hydrogens is 1190 g/mol. The van der Waals surface area contributed by atoms with E-state index in [1.807, 2.05) is 0 Å². The first-order valence-corrected chi connectivity index (χ1v) is 39.2. The number of fused-ring (bicyclic) bond motifs is 8. The summed E-state index contributed by atoms with van der Waals surface area (Å²) in [5.41, 5.74) is 0. The average Bonchev–Trinajstić information content (AvgIpc) is 0.695. The lowest BCUT2D eigenvalue weighted by Gasteiger charge is -2.41. The van der Waals surface area contributed by atoms with E-state index in [4.69, 9.17) is 0 Å². The van der Waals surface area contributed by atoms with E-state index in [-0.39, 0.29) is 0 Å². The fraction of sp³-hybridized carbons (Fsp3) is 0. The summed E-state index contributed by atoms with van der Waals surface area (Å²) in [5, 5.41) is 36.7. The van der Waals surface area contributed by atoms with Crippen LogP contribution in [0.5, 0.6) is 0 Å². The third-order valence-corrected chi connectivity index (χ3v) is 35.9. The molecule has 0 unspecified atom stereocenters. The molecule has 0 heterocycles. The summed E-state index contributed by atoms with van der Waals surface area (Å²) in [6.07, 6.45) is 0. The van der Waals surface area contributed by atoms with E-state index in [2.05, 4.69) is 388 Å². The lowest BCUT2D eigenvalue weighted by molar-refractivity contribution is 1.68. The highest BCUT2D eigenvalue weighted by molar-refractivity contribution is 7.25. The molecule has 0 nitrogen and oxygen atoms in total. The molecule has 95 heavy (non-hydrogen) atoms.